The summed E-state index contributed by atoms with van der Waals surface area (Å²) in [6, 6.07) is 15.0. The van der Waals surface area contributed by atoms with E-state index in [9.17, 15) is 9.59 Å². The van der Waals surface area contributed by atoms with Crippen LogP contribution in [0.2, 0.25) is 0 Å². The van der Waals surface area contributed by atoms with Crippen molar-refractivity contribution in [3.63, 3.8) is 0 Å². The summed E-state index contributed by atoms with van der Waals surface area (Å²) in [6.45, 7) is 3.52. The molecule has 4 aromatic rings. The molecule has 10 heteroatoms. The zero-order valence-corrected chi connectivity index (χ0v) is 21.3. The number of carbonyl (C=O) groups excluding carboxylic acids is 2. The van der Waals surface area contributed by atoms with E-state index in [0.29, 0.717) is 42.6 Å². The van der Waals surface area contributed by atoms with Crippen molar-refractivity contribution in [2.75, 3.05) is 24.5 Å². The first kappa shape index (κ1) is 23.9. The number of nitrogens with zero attached hydrogens (tertiary/aromatic N) is 7. The molecule has 0 aliphatic carbocycles. The minimum absolute atomic E-state index is 0.0129. The van der Waals surface area contributed by atoms with Crippen molar-refractivity contribution >= 4 is 28.4 Å². The summed E-state index contributed by atoms with van der Waals surface area (Å²) in [7, 11) is 1.92. The minimum atomic E-state index is -0.366. The Hall–Kier alpha value is -4.52. The van der Waals surface area contributed by atoms with Crippen LogP contribution in [0.15, 0.2) is 47.0 Å². The Morgan fingerprint density at radius 2 is 1.89 bits per heavy atom. The van der Waals surface area contributed by atoms with Crippen molar-refractivity contribution < 1.29 is 14.1 Å². The van der Waals surface area contributed by atoms with Crippen LogP contribution in [0, 0.1) is 24.2 Å². The van der Waals surface area contributed by atoms with E-state index in [-0.39, 0.29) is 30.1 Å². The number of fused-ring (bicyclic) bond motifs is 1. The fourth-order valence-corrected chi connectivity index (χ4v) is 5.54. The van der Waals surface area contributed by atoms with Gasteiger partial charge in [0.1, 0.15) is 0 Å². The van der Waals surface area contributed by atoms with Crippen molar-refractivity contribution in [1.29, 1.82) is 5.26 Å². The van der Waals surface area contributed by atoms with Crippen LogP contribution in [0.4, 0.5) is 5.69 Å². The average Bonchev–Trinajstić information content (AvgIpc) is 3.66. The van der Waals surface area contributed by atoms with Crippen LogP contribution in [0.1, 0.15) is 42.3 Å². The van der Waals surface area contributed by atoms with Gasteiger partial charge in [-0.3, -0.25) is 14.3 Å². The molecule has 4 heterocycles. The van der Waals surface area contributed by atoms with E-state index in [4.69, 9.17) is 9.78 Å². The predicted molar refractivity (Wildman–Crippen MR) is 139 cm³/mol. The molecule has 0 unspecified atom stereocenters. The standard InChI is InChI=1S/C28H27N7O3/c1-17-23-8-5-20(13-24(23)33(2)31-17)26-30-27(38-32-26)19-9-11-34(12-10-19)28(37)21-14-25(36)35(16-21)22-6-3-18(15-29)4-7-22/h3-8,13,19,21H,9-12,14,16H2,1-2H3/t21-/m1/s1. The number of aryl methyl sites for hydroxylation is 2. The van der Waals surface area contributed by atoms with Crippen LogP contribution < -0.4 is 4.90 Å². The van der Waals surface area contributed by atoms with Crippen LogP contribution in [-0.2, 0) is 16.6 Å². The lowest BCUT2D eigenvalue weighted by molar-refractivity contribution is -0.136. The second-order valence-electron chi connectivity index (χ2n) is 10.1. The summed E-state index contributed by atoms with van der Waals surface area (Å²) in [6.07, 6.45) is 1.66. The van der Waals surface area contributed by atoms with Crippen LogP contribution in [0.3, 0.4) is 0 Å². The molecule has 2 amide bonds. The molecule has 0 saturated carbocycles. The Morgan fingerprint density at radius 3 is 2.63 bits per heavy atom. The Kier molecular flexibility index (Phi) is 5.91. The van der Waals surface area contributed by atoms with Crippen molar-refractivity contribution in [3.05, 3.63) is 59.6 Å². The molecule has 2 aliphatic rings. The first-order valence-electron chi connectivity index (χ1n) is 12.8. The Morgan fingerprint density at radius 1 is 1.13 bits per heavy atom. The molecule has 1 atom stereocenters. The van der Waals surface area contributed by atoms with E-state index in [0.717, 1.165) is 35.0 Å². The molecule has 0 spiro atoms. The van der Waals surface area contributed by atoms with Crippen LogP contribution in [0.5, 0.6) is 0 Å². The minimum Gasteiger partial charge on any atom is -0.342 e. The van der Waals surface area contributed by atoms with Gasteiger partial charge in [0, 0.05) is 55.7 Å². The predicted octanol–water partition coefficient (Wildman–Crippen LogP) is 3.56. The third-order valence-electron chi connectivity index (χ3n) is 7.67. The second-order valence-corrected chi connectivity index (χ2v) is 10.1. The van der Waals surface area contributed by atoms with E-state index in [2.05, 4.69) is 21.3 Å². The Balaban J connectivity index is 1.08. The first-order valence-corrected chi connectivity index (χ1v) is 12.8. The maximum absolute atomic E-state index is 13.2. The van der Waals surface area contributed by atoms with Crippen molar-refractivity contribution in [1.82, 2.24) is 24.8 Å². The maximum atomic E-state index is 13.2. The number of amides is 2. The number of hydrogen-bond donors (Lipinski definition) is 0. The number of benzene rings is 2. The van der Waals surface area contributed by atoms with E-state index in [1.807, 2.05) is 41.8 Å². The highest BCUT2D eigenvalue weighted by molar-refractivity contribution is 6.00. The number of rotatable bonds is 4. The number of nitriles is 1. The van der Waals surface area contributed by atoms with E-state index >= 15 is 0 Å². The SMILES string of the molecule is Cc1nn(C)c2cc(-c3noc(C4CCN(C(=O)[C@@H]5CC(=O)N(c6ccc(C#N)cc6)C5)CC4)n3)ccc12. The van der Waals surface area contributed by atoms with Crippen molar-refractivity contribution in [3.8, 4) is 17.5 Å². The molecule has 2 aromatic carbocycles. The van der Waals surface area contributed by atoms with Crippen LogP contribution >= 0.6 is 0 Å². The third-order valence-corrected chi connectivity index (χ3v) is 7.67. The largest absolute Gasteiger partial charge is 0.342 e. The molecule has 192 valence electrons. The normalized spacial score (nSPS) is 18.3. The number of piperidine rings is 1. The number of carbonyl (C=O) groups is 2. The van der Waals surface area contributed by atoms with Crippen molar-refractivity contribution in [2.24, 2.45) is 13.0 Å². The van der Waals surface area contributed by atoms with Gasteiger partial charge in [-0.25, -0.2) is 0 Å². The fourth-order valence-electron chi connectivity index (χ4n) is 5.54. The monoisotopic (exact) mass is 509 g/mol. The highest BCUT2D eigenvalue weighted by atomic mass is 16.5. The number of hydrogen-bond acceptors (Lipinski definition) is 7. The fraction of sp³-hybridized carbons (Fsp3) is 0.357. The molecule has 38 heavy (non-hydrogen) atoms. The topological polar surface area (TPSA) is 121 Å². The lowest BCUT2D eigenvalue weighted by Gasteiger charge is -2.32. The van der Waals surface area contributed by atoms with Crippen molar-refractivity contribution in [2.45, 2.75) is 32.1 Å². The van der Waals surface area contributed by atoms with E-state index in [1.165, 1.54) is 0 Å². The highest BCUT2D eigenvalue weighted by Gasteiger charge is 2.38. The van der Waals surface area contributed by atoms with Gasteiger partial charge in [0.15, 0.2) is 0 Å². The highest BCUT2D eigenvalue weighted by Crippen LogP contribution is 2.32. The summed E-state index contributed by atoms with van der Waals surface area (Å²) in [5.41, 5.74) is 4.12. The van der Waals surface area contributed by atoms with Gasteiger partial charge >= 0.3 is 0 Å². The van der Waals surface area contributed by atoms with Gasteiger partial charge in [0.2, 0.25) is 23.5 Å². The molecule has 6 rings (SSSR count). The zero-order valence-electron chi connectivity index (χ0n) is 21.3. The molecule has 2 fully saturated rings. The molecular weight excluding hydrogens is 482 g/mol. The van der Waals surface area contributed by atoms with E-state index in [1.54, 1.807) is 29.2 Å². The van der Waals surface area contributed by atoms with Gasteiger partial charge in [-0.15, -0.1) is 0 Å². The van der Waals surface area contributed by atoms with Gasteiger partial charge in [-0.05, 0) is 50.1 Å². The number of aromatic nitrogens is 4. The first-order chi connectivity index (χ1) is 18.4. The molecule has 0 N–H and O–H groups in total. The number of likely N-dealkylation sites (tertiary alicyclic amines) is 1. The molecular formula is C28H27N7O3. The summed E-state index contributed by atoms with van der Waals surface area (Å²) < 4.78 is 7.49. The molecule has 2 aromatic heterocycles. The summed E-state index contributed by atoms with van der Waals surface area (Å²) >= 11 is 0. The van der Waals surface area contributed by atoms with Gasteiger partial charge in [-0.1, -0.05) is 17.3 Å². The Labute approximate surface area is 219 Å². The lowest BCUT2D eigenvalue weighted by Crippen LogP contribution is -2.42. The lowest BCUT2D eigenvalue weighted by atomic mass is 9.95. The Bertz CT molecular complexity index is 1570. The van der Waals surface area contributed by atoms with Gasteiger partial charge < -0.3 is 14.3 Å². The van der Waals surface area contributed by atoms with Crippen LogP contribution in [-0.4, -0.2) is 56.3 Å². The summed E-state index contributed by atoms with van der Waals surface area (Å²) in [4.78, 5) is 34.0. The zero-order chi connectivity index (χ0) is 26.4. The second kappa shape index (κ2) is 9.41. The molecule has 10 nitrogen and oxygen atoms in total. The quantitative estimate of drug-likeness (QED) is 0.412. The van der Waals surface area contributed by atoms with Crippen LogP contribution in [0.25, 0.3) is 22.3 Å². The molecule has 0 bridgehead atoms. The van der Waals surface area contributed by atoms with Gasteiger partial charge in [0.25, 0.3) is 0 Å². The summed E-state index contributed by atoms with van der Waals surface area (Å²) in [5.74, 6) is 0.807. The maximum Gasteiger partial charge on any atom is 0.230 e. The summed E-state index contributed by atoms with van der Waals surface area (Å²) in [5, 5.41) is 18.8. The molecule has 0 radical (unpaired) electrons. The van der Waals surface area contributed by atoms with E-state index < -0.39 is 0 Å². The number of anilines is 1. The third kappa shape index (κ3) is 4.20. The van der Waals surface area contributed by atoms with Gasteiger partial charge in [-0.2, -0.15) is 15.3 Å². The molecule has 2 aliphatic heterocycles. The smallest absolute Gasteiger partial charge is 0.230 e. The molecule has 2 saturated heterocycles. The van der Waals surface area contributed by atoms with Gasteiger partial charge in [0.05, 0.1) is 28.8 Å². The average molecular weight is 510 g/mol.